The van der Waals surface area contributed by atoms with Gasteiger partial charge in [0.1, 0.15) is 23.6 Å². The first-order valence-electron chi connectivity index (χ1n) is 10.8. The second-order valence-corrected chi connectivity index (χ2v) is 7.30. The summed E-state index contributed by atoms with van der Waals surface area (Å²) in [4.78, 5) is 16.4. The zero-order chi connectivity index (χ0) is 22.9. The molecule has 4 rings (SSSR count). The van der Waals surface area contributed by atoms with E-state index in [1.54, 1.807) is 6.92 Å². The lowest BCUT2D eigenvalue weighted by molar-refractivity contribution is -0.145. The molecule has 0 saturated carbocycles. The molecule has 0 unspecified atom stereocenters. The van der Waals surface area contributed by atoms with Crippen LogP contribution in [0.5, 0.6) is 11.5 Å². The van der Waals surface area contributed by atoms with Gasteiger partial charge in [-0.15, -0.1) is 0 Å². The maximum absolute atomic E-state index is 11.6. The fraction of sp³-hybridized carbons (Fsp3) is 0.143. The second-order valence-electron chi connectivity index (χ2n) is 7.30. The van der Waals surface area contributed by atoms with E-state index in [1.807, 2.05) is 97.1 Å². The van der Waals surface area contributed by atoms with Crippen molar-refractivity contribution in [2.24, 2.45) is 0 Å². The number of benzene rings is 3. The first-order chi connectivity index (χ1) is 16.2. The average Bonchev–Trinajstić information content (AvgIpc) is 2.86. The van der Waals surface area contributed by atoms with Crippen LogP contribution < -0.4 is 9.47 Å². The number of fused-ring (bicyclic) bond motifs is 1. The Morgan fingerprint density at radius 3 is 2.45 bits per heavy atom. The minimum absolute atomic E-state index is 0.130. The monoisotopic (exact) mass is 439 g/mol. The summed E-state index contributed by atoms with van der Waals surface area (Å²) in [7, 11) is 0. The standard InChI is InChI=1S/C28H25NO4/c1-2-31-27(30)20-33-25-13-7-6-11-22(25)15-17-24-18-16-23-12-8-14-26(28(23)29-24)32-19-21-9-4-3-5-10-21/h3-18H,2,19-20H2,1H3/b17-15-. The SMILES string of the molecule is CCOC(=O)COc1ccccc1/C=C\c1ccc2cccc(OCc3ccccc3)c2n1. The van der Waals surface area contributed by atoms with E-state index in [4.69, 9.17) is 19.2 Å². The van der Waals surface area contributed by atoms with Crippen LogP contribution in [0.3, 0.4) is 0 Å². The zero-order valence-corrected chi connectivity index (χ0v) is 18.4. The number of nitrogens with zero attached hydrogens (tertiary/aromatic N) is 1. The topological polar surface area (TPSA) is 57.7 Å². The summed E-state index contributed by atoms with van der Waals surface area (Å²) in [5, 5.41) is 1.01. The summed E-state index contributed by atoms with van der Waals surface area (Å²) in [6.45, 7) is 2.44. The molecule has 0 aliphatic heterocycles. The molecule has 0 bridgehead atoms. The molecule has 0 saturated heterocycles. The fourth-order valence-electron chi connectivity index (χ4n) is 3.34. The van der Waals surface area contributed by atoms with Gasteiger partial charge in [0.15, 0.2) is 6.61 Å². The normalized spacial score (nSPS) is 10.9. The first kappa shape index (κ1) is 22.1. The van der Waals surface area contributed by atoms with E-state index in [0.717, 1.165) is 33.5 Å². The van der Waals surface area contributed by atoms with Gasteiger partial charge in [-0.2, -0.15) is 0 Å². The number of para-hydroxylation sites is 2. The van der Waals surface area contributed by atoms with Crippen molar-refractivity contribution in [1.82, 2.24) is 4.98 Å². The smallest absolute Gasteiger partial charge is 0.344 e. The Kier molecular flexibility index (Phi) is 7.33. The summed E-state index contributed by atoms with van der Waals surface area (Å²) in [6.07, 6.45) is 3.84. The molecule has 5 heteroatoms. The highest BCUT2D eigenvalue weighted by Gasteiger charge is 2.07. The lowest BCUT2D eigenvalue weighted by atomic mass is 10.1. The van der Waals surface area contributed by atoms with Crippen molar-refractivity contribution in [2.75, 3.05) is 13.2 Å². The number of ether oxygens (including phenoxy) is 3. The van der Waals surface area contributed by atoms with Crippen LogP contribution in [0.1, 0.15) is 23.7 Å². The van der Waals surface area contributed by atoms with E-state index in [-0.39, 0.29) is 6.61 Å². The van der Waals surface area contributed by atoms with Gasteiger partial charge in [0.05, 0.1) is 12.3 Å². The molecule has 0 aliphatic carbocycles. The van der Waals surface area contributed by atoms with Crippen LogP contribution in [0.25, 0.3) is 23.1 Å². The van der Waals surface area contributed by atoms with Crippen molar-refractivity contribution in [3.8, 4) is 11.5 Å². The van der Waals surface area contributed by atoms with E-state index in [0.29, 0.717) is 19.0 Å². The molecule has 0 amide bonds. The Morgan fingerprint density at radius 1 is 0.818 bits per heavy atom. The van der Waals surface area contributed by atoms with Crippen molar-refractivity contribution in [2.45, 2.75) is 13.5 Å². The summed E-state index contributed by atoms with van der Waals surface area (Å²) >= 11 is 0. The van der Waals surface area contributed by atoms with Gasteiger partial charge in [0, 0.05) is 10.9 Å². The summed E-state index contributed by atoms with van der Waals surface area (Å²) < 4.78 is 16.6. The molecule has 4 aromatic rings. The Morgan fingerprint density at radius 2 is 1.61 bits per heavy atom. The predicted octanol–water partition coefficient (Wildman–Crippen LogP) is 5.93. The molecule has 3 aromatic carbocycles. The largest absolute Gasteiger partial charge is 0.487 e. The molecular weight excluding hydrogens is 414 g/mol. The lowest BCUT2D eigenvalue weighted by Crippen LogP contribution is -2.14. The van der Waals surface area contributed by atoms with Crippen molar-refractivity contribution in [3.63, 3.8) is 0 Å². The van der Waals surface area contributed by atoms with Crippen molar-refractivity contribution < 1.29 is 19.0 Å². The number of esters is 1. The number of aromatic nitrogens is 1. The molecule has 0 fully saturated rings. The quantitative estimate of drug-likeness (QED) is 0.303. The minimum Gasteiger partial charge on any atom is -0.487 e. The van der Waals surface area contributed by atoms with Gasteiger partial charge in [0.25, 0.3) is 0 Å². The number of rotatable bonds is 9. The van der Waals surface area contributed by atoms with Crippen molar-refractivity contribution >= 4 is 29.0 Å². The van der Waals surface area contributed by atoms with E-state index >= 15 is 0 Å². The van der Waals surface area contributed by atoms with E-state index < -0.39 is 5.97 Å². The van der Waals surface area contributed by atoms with Crippen LogP contribution in [0.2, 0.25) is 0 Å². The van der Waals surface area contributed by atoms with Gasteiger partial charge in [-0.1, -0.05) is 66.7 Å². The van der Waals surface area contributed by atoms with Crippen LogP contribution >= 0.6 is 0 Å². The van der Waals surface area contributed by atoms with E-state index in [9.17, 15) is 4.79 Å². The maximum atomic E-state index is 11.6. The highest BCUT2D eigenvalue weighted by Crippen LogP contribution is 2.26. The van der Waals surface area contributed by atoms with Gasteiger partial charge in [-0.05, 0) is 42.8 Å². The van der Waals surface area contributed by atoms with E-state index in [1.165, 1.54) is 0 Å². The molecule has 1 aromatic heterocycles. The molecular formula is C28H25NO4. The van der Waals surface area contributed by atoms with Gasteiger partial charge >= 0.3 is 5.97 Å². The molecule has 0 N–H and O–H groups in total. The lowest BCUT2D eigenvalue weighted by Gasteiger charge is -2.10. The number of hydrogen-bond acceptors (Lipinski definition) is 5. The molecule has 0 aliphatic rings. The molecule has 0 spiro atoms. The number of pyridine rings is 1. The fourth-order valence-corrected chi connectivity index (χ4v) is 3.34. The summed E-state index contributed by atoms with van der Waals surface area (Å²) in [5.41, 5.74) is 3.54. The Hall–Kier alpha value is -4.12. The Labute approximate surface area is 193 Å². The molecule has 5 nitrogen and oxygen atoms in total. The van der Waals surface area contributed by atoms with E-state index in [2.05, 4.69) is 0 Å². The van der Waals surface area contributed by atoms with Crippen LogP contribution in [-0.4, -0.2) is 24.2 Å². The molecule has 33 heavy (non-hydrogen) atoms. The Bertz CT molecular complexity index is 1250. The van der Waals surface area contributed by atoms with Crippen LogP contribution in [0.15, 0.2) is 84.9 Å². The minimum atomic E-state index is -0.393. The van der Waals surface area contributed by atoms with Crippen LogP contribution in [-0.2, 0) is 16.1 Å². The zero-order valence-electron chi connectivity index (χ0n) is 18.4. The first-order valence-corrected chi connectivity index (χ1v) is 10.8. The average molecular weight is 440 g/mol. The van der Waals surface area contributed by atoms with Crippen molar-refractivity contribution in [1.29, 1.82) is 0 Å². The van der Waals surface area contributed by atoms with Crippen LogP contribution in [0.4, 0.5) is 0 Å². The number of carbonyl (C=O) groups excluding carboxylic acids is 1. The van der Waals surface area contributed by atoms with Gasteiger partial charge < -0.3 is 14.2 Å². The van der Waals surface area contributed by atoms with Gasteiger partial charge in [-0.3, -0.25) is 0 Å². The van der Waals surface area contributed by atoms with Gasteiger partial charge in [-0.25, -0.2) is 9.78 Å². The second kappa shape index (κ2) is 11.0. The third-order valence-electron chi connectivity index (χ3n) is 4.95. The van der Waals surface area contributed by atoms with Gasteiger partial charge in [0.2, 0.25) is 0 Å². The molecule has 1 heterocycles. The summed E-state index contributed by atoms with van der Waals surface area (Å²) in [5.74, 6) is 0.953. The molecule has 0 atom stereocenters. The third kappa shape index (κ3) is 5.98. The highest BCUT2D eigenvalue weighted by atomic mass is 16.6. The predicted molar refractivity (Wildman–Crippen MR) is 130 cm³/mol. The number of hydrogen-bond donors (Lipinski definition) is 0. The molecule has 0 radical (unpaired) electrons. The number of carbonyl (C=O) groups is 1. The maximum Gasteiger partial charge on any atom is 0.344 e. The summed E-state index contributed by atoms with van der Waals surface area (Å²) in [6, 6.07) is 27.5. The van der Waals surface area contributed by atoms with Crippen LogP contribution in [0, 0.1) is 0 Å². The van der Waals surface area contributed by atoms with Crippen molar-refractivity contribution in [3.05, 3.63) is 102 Å². The highest BCUT2D eigenvalue weighted by molar-refractivity contribution is 5.86. The molecule has 166 valence electrons. The third-order valence-corrected chi connectivity index (χ3v) is 4.95. The Balaban J connectivity index is 1.53.